The van der Waals surface area contributed by atoms with E-state index in [2.05, 4.69) is 25.9 Å². The molecule has 0 saturated carbocycles. The Balaban J connectivity index is 2.21. The van der Waals surface area contributed by atoms with Gasteiger partial charge in [0.1, 0.15) is 18.1 Å². The standard InChI is InChI=1S/C11H8BrN3O3/c1-7-2-3-10(9(12)4-7)18-11-13-5-8(6-14-11)15(16)17/h2-6H,1H3. The van der Waals surface area contributed by atoms with Crippen molar-refractivity contribution in [3.05, 3.63) is 50.7 Å². The van der Waals surface area contributed by atoms with Gasteiger partial charge < -0.3 is 4.74 Å². The van der Waals surface area contributed by atoms with E-state index in [1.54, 1.807) is 6.07 Å². The van der Waals surface area contributed by atoms with Crippen LogP contribution < -0.4 is 4.74 Å². The van der Waals surface area contributed by atoms with Crippen LogP contribution in [0.3, 0.4) is 0 Å². The van der Waals surface area contributed by atoms with Crippen LogP contribution in [0.25, 0.3) is 0 Å². The molecule has 1 heterocycles. The first-order chi connectivity index (χ1) is 8.56. The first-order valence-electron chi connectivity index (χ1n) is 4.96. The quantitative estimate of drug-likeness (QED) is 0.642. The fourth-order valence-corrected chi connectivity index (χ4v) is 1.82. The lowest BCUT2D eigenvalue weighted by Crippen LogP contribution is -1.95. The van der Waals surface area contributed by atoms with Crippen LogP contribution in [-0.2, 0) is 0 Å². The lowest BCUT2D eigenvalue weighted by atomic mass is 10.2. The molecule has 0 aliphatic carbocycles. The van der Waals surface area contributed by atoms with Gasteiger partial charge in [-0.25, -0.2) is 0 Å². The molecule has 0 bridgehead atoms. The van der Waals surface area contributed by atoms with Crippen molar-refractivity contribution in [2.24, 2.45) is 0 Å². The molecule has 1 aromatic heterocycles. The molecular formula is C11H8BrN3O3. The van der Waals surface area contributed by atoms with Crippen LogP contribution in [0.15, 0.2) is 35.1 Å². The van der Waals surface area contributed by atoms with Crippen molar-refractivity contribution in [3.8, 4) is 11.8 Å². The van der Waals surface area contributed by atoms with E-state index >= 15 is 0 Å². The molecule has 0 N–H and O–H groups in total. The number of benzene rings is 1. The zero-order chi connectivity index (χ0) is 13.1. The van der Waals surface area contributed by atoms with E-state index in [-0.39, 0.29) is 11.7 Å². The Morgan fingerprint density at radius 3 is 2.56 bits per heavy atom. The number of aryl methyl sites for hydroxylation is 1. The molecule has 2 aromatic rings. The van der Waals surface area contributed by atoms with Crippen LogP contribution in [0.1, 0.15) is 5.56 Å². The second-order valence-electron chi connectivity index (χ2n) is 3.52. The molecule has 0 aliphatic rings. The van der Waals surface area contributed by atoms with E-state index in [0.717, 1.165) is 22.4 Å². The lowest BCUT2D eigenvalue weighted by molar-refractivity contribution is -0.385. The SMILES string of the molecule is Cc1ccc(Oc2ncc([N+](=O)[O-])cn2)c(Br)c1. The van der Waals surface area contributed by atoms with Crippen LogP contribution in [0.2, 0.25) is 0 Å². The largest absolute Gasteiger partial charge is 0.423 e. The lowest BCUT2D eigenvalue weighted by Gasteiger charge is -2.05. The average Bonchev–Trinajstić information content (AvgIpc) is 2.33. The van der Waals surface area contributed by atoms with Gasteiger partial charge >= 0.3 is 11.7 Å². The van der Waals surface area contributed by atoms with Crippen molar-refractivity contribution in [3.63, 3.8) is 0 Å². The second-order valence-corrected chi connectivity index (χ2v) is 4.37. The molecule has 0 fully saturated rings. The Hall–Kier alpha value is -2.02. The Kier molecular flexibility index (Phi) is 3.52. The number of nitro groups is 1. The minimum atomic E-state index is -0.564. The summed E-state index contributed by atoms with van der Waals surface area (Å²) in [6.45, 7) is 1.96. The zero-order valence-corrected chi connectivity index (χ0v) is 10.9. The van der Waals surface area contributed by atoms with Gasteiger partial charge in [0, 0.05) is 0 Å². The number of rotatable bonds is 3. The van der Waals surface area contributed by atoms with E-state index in [4.69, 9.17) is 4.74 Å². The highest BCUT2D eigenvalue weighted by Crippen LogP contribution is 2.28. The minimum Gasteiger partial charge on any atom is -0.423 e. The number of nitrogens with zero attached hydrogens (tertiary/aromatic N) is 3. The Bertz CT molecular complexity index is 587. The molecule has 0 saturated heterocycles. The van der Waals surface area contributed by atoms with Gasteiger partial charge in [0.15, 0.2) is 0 Å². The summed E-state index contributed by atoms with van der Waals surface area (Å²) in [6.07, 6.45) is 2.20. The highest BCUT2D eigenvalue weighted by atomic mass is 79.9. The van der Waals surface area contributed by atoms with Crippen molar-refractivity contribution in [2.75, 3.05) is 0 Å². The molecule has 92 valence electrons. The zero-order valence-electron chi connectivity index (χ0n) is 9.33. The van der Waals surface area contributed by atoms with E-state index < -0.39 is 4.92 Å². The summed E-state index contributed by atoms with van der Waals surface area (Å²) in [5.41, 5.74) is 0.907. The summed E-state index contributed by atoms with van der Waals surface area (Å²) >= 11 is 3.35. The number of hydrogen-bond acceptors (Lipinski definition) is 5. The van der Waals surface area contributed by atoms with Gasteiger partial charge in [-0.1, -0.05) is 6.07 Å². The highest BCUT2D eigenvalue weighted by Gasteiger charge is 2.09. The van der Waals surface area contributed by atoms with Gasteiger partial charge in [0.25, 0.3) is 0 Å². The van der Waals surface area contributed by atoms with Crippen LogP contribution in [0.5, 0.6) is 11.8 Å². The summed E-state index contributed by atoms with van der Waals surface area (Å²) in [7, 11) is 0. The van der Waals surface area contributed by atoms with Crippen molar-refractivity contribution in [1.29, 1.82) is 0 Å². The predicted molar refractivity (Wildman–Crippen MR) is 67.6 cm³/mol. The van der Waals surface area contributed by atoms with E-state index in [0.29, 0.717) is 5.75 Å². The first-order valence-corrected chi connectivity index (χ1v) is 5.76. The Morgan fingerprint density at radius 2 is 2.00 bits per heavy atom. The maximum atomic E-state index is 10.4. The van der Waals surface area contributed by atoms with Crippen molar-refractivity contribution >= 4 is 21.6 Å². The molecule has 1 aromatic carbocycles. The predicted octanol–water partition coefficient (Wildman–Crippen LogP) is 3.25. The average molecular weight is 310 g/mol. The van der Waals surface area contributed by atoms with Crippen LogP contribution in [0.4, 0.5) is 5.69 Å². The second kappa shape index (κ2) is 5.09. The minimum absolute atomic E-state index is 0.0603. The molecule has 2 rings (SSSR count). The molecule has 0 amide bonds. The van der Waals surface area contributed by atoms with Gasteiger partial charge in [-0.05, 0) is 40.5 Å². The van der Waals surface area contributed by atoms with E-state index in [1.807, 2.05) is 19.1 Å². The summed E-state index contributed by atoms with van der Waals surface area (Å²) in [5.74, 6) is 0.550. The Labute approximate surface area is 111 Å². The smallest absolute Gasteiger partial charge is 0.322 e. The van der Waals surface area contributed by atoms with Crippen molar-refractivity contribution in [1.82, 2.24) is 9.97 Å². The number of ether oxygens (including phenoxy) is 1. The van der Waals surface area contributed by atoms with Crippen molar-refractivity contribution in [2.45, 2.75) is 6.92 Å². The van der Waals surface area contributed by atoms with Gasteiger partial charge in [-0.3, -0.25) is 10.1 Å². The molecule has 0 spiro atoms. The van der Waals surface area contributed by atoms with Gasteiger partial charge in [0.05, 0.1) is 9.40 Å². The molecule has 0 unspecified atom stereocenters. The third-order valence-electron chi connectivity index (χ3n) is 2.11. The fraction of sp³-hybridized carbons (Fsp3) is 0.0909. The summed E-state index contributed by atoms with van der Waals surface area (Å²) < 4.78 is 6.18. The molecular weight excluding hydrogens is 302 g/mol. The van der Waals surface area contributed by atoms with Crippen LogP contribution in [-0.4, -0.2) is 14.9 Å². The summed E-state index contributed by atoms with van der Waals surface area (Å²) in [4.78, 5) is 17.4. The third kappa shape index (κ3) is 2.80. The molecule has 0 radical (unpaired) electrons. The highest BCUT2D eigenvalue weighted by molar-refractivity contribution is 9.10. The third-order valence-corrected chi connectivity index (χ3v) is 2.73. The van der Waals surface area contributed by atoms with E-state index in [1.165, 1.54) is 0 Å². The number of hydrogen-bond donors (Lipinski definition) is 0. The molecule has 18 heavy (non-hydrogen) atoms. The van der Waals surface area contributed by atoms with Crippen LogP contribution in [0, 0.1) is 17.0 Å². The van der Waals surface area contributed by atoms with Crippen LogP contribution >= 0.6 is 15.9 Å². The topological polar surface area (TPSA) is 78.2 Å². The monoisotopic (exact) mass is 309 g/mol. The van der Waals surface area contributed by atoms with Crippen molar-refractivity contribution < 1.29 is 9.66 Å². The van der Waals surface area contributed by atoms with Gasteiger partial charge in [0.2, 0.25) is 0 Å². The van der Waals surface area contributed by atoms with Gasteiger partial charge in [-0.15, -0.1) is 0 Å². The van der Waals surface area contributed by atoms with E-state index in [9.17, 15) is 10.1 Å². The molecule has 7 heteroatoms. The maximum Gasteiger partial charge on any atom is 0.322 e. The molecule has 0 aliphatic heterocycles. The van der Waals surface area contributed by atoms with Gasteiger partial charge in [-0.2, -0.15) is 9.97 Å². The normalized spacial score (nSPS) is 10.1. The summed E-state index contributed by atoms with van der Waals surface area (Å²) in [5, 5.41) is 10.4. The fourth-order valence-electron chi connectivity index (χ4n) is 1.24. The number of aromatic nitrogens is 2. The first kappa shape index (κ1) is 12.4. The maximum absolute atomic E-state index is 10.4. The number of halogens is 1. The molecule has 6 nitrogen and oxygen atoms in total. The molecule has 0 atom stereocenters. The summed E-state index contributed by atoms with van der Waals surface area (Å²) in [6, 6.07) is 5.60. The Morgan fingerprint density at radius 1 is 1.33 bits per heavy atom.